The van der Waals surface area contributed by atoms with Crippen LogP contribution in [-0.2, 0) is 11.8 Å². The number of nitrogens with zero attached hydrogens (tertiary/aromatic N) is 1. The smallest absolute Gasteiger partial charge is 0.227 e. The van der Waals surface area contributed by atoms with Gasteiger partial charge in [0, 0.05) is 5.56 Å². The first-order valence-corrected chi connectivity index (χ1v) is 8.37. The fraction of sp³-hybridized carbons (Fsp3) is 0.316. The normalized spacial score (nSPS) is 12.0. The molecule has 0 atom stereocenters. The average Bonchev–Trinajstić information content (AvgIpc) is 2.91. The van der Waals surface area contributed by atoms with Crippen LogP contribution in [0.25, 0.3) is 22.6 Å². The zero-order valence-electron chi connectivity index (χ0n) is 13.4. The lowest BCUT2D eigenvalue weighted by atomic mass is 9.87. The van der Waals surface area contributed by atoms with E-state index in [-0.39, 0.29) is 5.41 Å². The number of halogens is 1. The van der Waals surface area contributed by atoms with Crippen molar-refractivity contribution in [2.24, 2.45) is 0 Å². The maximum Gasteiger partial charge on any atom is 0.227 e. The quantitative estimate of drug-likeness (QED) is 0.552. The molecule has 0 aliphatic rings. The van der Waals surface area contributed by atoms with E-state index in [1.165, 1.54) is 11.1 Å². The van der Waals surface area contributed by atoms with Gasteiger partial charge in [0.2, 0.25) is 5.89 Å². The highest BCUT2D eigenvalue weighted by Gasteiger charge is 2.15. The zero-order chi connectivity index (χ0) is 15.9. The Balaban J connectivity index is 2.05. The second-order valence-corrected chi connectivity index (χ2v) is 7.48. The van der Waals surface area contributed by atoms with Gasteiger partial charge in [-0.3, -0.25) is 0 Å². The Kier molecular flexibility index (Phi) is 3.85. The third-order valence-electron chi connectivity index (χ3n) is 3.91. The number of hydrogen-bond acceptors (Lipinski definition) is 2. The van der Waals surface area contributed by atoms with Gasteiger partial charge < -0.3 is 4.42 Å². The first kappa shape index (κ1) is 15.3. The maximum atomic E-state index is 5.95. The summed E-state index contributed by atoms with van der Waals surface area (Å²) in [5, 5.41) is 0. The second-order valence-electron chi connectivity index (χ2n) is 6.63. The molecule has 0 amide bonds. The van der Waals surface area contributed by atoms with Gasteiger partial charge in [-0.05, 0) is 63.2 Å². The topological polar surface area (TPSA) is 26.0 Å². The fourth-order valence-electron chi connectivity index (χ4n) is 2.49. The van der Waals surface area contributed by atoms with Crippen LogP contribution in [0.1, 0.15) is 38.8 Å². The molecular formula is C19H20BrNO. The van der Waals surface area contributed by atoms with Crippen LogP contribution in [0.3, 0.4) is 0 Å². The van der Waals surface area contributed by atoms with Crippen LogP contribution in [0.5, 0.6) is 0 Å². The Morgan fingerprint density at radius 1 is 1.09 bits per heavy atom. The third kappa shape index (κ3) is 2.82. The molecule has 3 aromatic rings. The van der Waals surface area contributed by atoms with Crippen molar-refractivity contribution in [3.8, 4) is 11.5 Å². The largest absolute Gasteiger partial charge is 0.435 e. The molecule has 2 aromatic carbocycles. The van der Waals surface area contributed by atoms with Crippen LogP contribution < -0.4 is 0 Å². The van der Waals surface area contributed by atoms with E-state index in [2.05, 4.69) is 85.0 Å². The van der Waals surface area contributed by atoms with Crippen LogP contribution in [0, 0.1) is 0 Å². The molecule has 0 saturated heterocycles. The summed E-state index contributed by atoms with van der Waals surface area (Å²) >= 11 is 3.58. The molecule has 0 N–H and O–H groups in total. The van der Waals surface area contributed by atoms with E-state index in [4.69, 9.17) is 4.42 Å². The summed E-state index contributed by atoms with van der Waals surface area (Å²) in [6.45, 7) is 8.78. The highest BCUT2D eigenvalue weighted by atomic mass is 79.9. The van der Waals surface area contributed by atoms with Crippen molar-refractivity contribution in [1.82, 2.24) is 4.98 Å². The lowest BCUT2D eigenvalue weighted by Gasteiger charge is -2.18. The second kappa shape index (κ2) is 5.54. The van der Waals surface area contributed by atoms with E-state index >= 15 is 0 Å². The van der Waals surface area contributed by atoms with E-state index in [0.29, 0.717) is 5.89 Å². The van der Waals surface area contributed by atoms with Crippen LogP contribution >= 0.6 is 15.9 Å². The van der Waals surface area contributed by atoms with Gasteiger partial charge in [0.25, 0.3) is 0 Å². The van der Waals surface area contributed by atoms with Crippen LogP contribution in [-0.4, -0.2) is 4.98 Å². The van der Waals surface area contributed by atoms with Gasteiger partial charge in [-0.25, -0.2) is 4.98 Å². The average molecular weight is 358 g/mol. The number of benzene rings is 2. The van der Waals surface area contributed by atoms with Crippen molar-refractivity contribution in [2.45, 2.75) is 39.5 Å². The van der Waals surface area contributed by atoms with Gasteiger partial charge in [0.05, 0.1) is 4.47 Å². The van der Waals surface area contributed by atoms with Gasteiger partial charge in [-0.2, -0.15) is 0 Å². The minimum absolute atomic E-state index is 0.152. The Morgan fingerprint density at radius 2 is 1.77 bits per heavy atom. The molecule has 114 valence electrons. The van der Waals surface area contributed by atoms with Gasteiger partial charge >= 0.3 is 0 Å². The summed E-state index contributed by atoms with van der Waals surface area (Å²) < 4.78 is 6.92. The van der Waals surface area contributed by atoms with Gasteiger partial charge in [-0.1, -0.05) is 39.8 Å². The summed E-state index contributed by atoms with van der Waals surface area (Å²) in [4.78, 5) is 4.65. The summed E-state index contributed by atoms with van der Waals surface area (Å²) in [5.74, 6) is 0.671. The Labute approximate surface area is 139 Å². The Hall–Kier alpha value is -1.61. The highest BCUT2D eigenvalue weighted by Crippen LogP contribution is 2.32. The van der Waals surface area contributed by atoms with Gasteiger partial charge in [0.1, 0.15) is 5.52 Å². The monoisotopic (exact) mass is 357 g/mol. The van der Waals surface area contributed by atoms with Gasteiger partial charge in [0.15, 0.2) is 5.58 Å². The first-order chi connectivity index (χ1) is 10.4. The van der Waals surface area contributed by atoms with E-state index in [9.17, 15) is 0 Å². The van der Waals surface area contributed by atoms with Crippen molar-refractivity contribution in [1.29, 1.82) is 0 Å². The van der Waals surface area contributed by atoms with Crippen molar-refractivity contribution < 1.29 is 4.42 Å². The SMILES string of the molecule is CCc1cc(Br)c2oc(-c3ccc(C(C)(C)C)cc3)nc2c1. The van der Waals surface area contributed by atoms with Crippen LogP contribution in [0.2, 0.25) is 0 Å². The Morgan fingerprint density at radius 3 is 2.36 bits per heavy atom. The minimum atomic E-state index is 0.152. The molecule has 2 nitrogen and oxygen atoms in total. The molecule has 0 saturated carbocycles. The van der Waals surface area contributed by atoms with E-state index in [0.717, 1.165) is 27.6 Å². The molecule has 0 fully saturated rings. The first-order valence-electron chi connectivity index (χ1n) is 7.58. The summed E-state index contributed by atoms with van der Waals surface area (Å²) in [6, 6.07) is 12.7. The number of aromatic nitrogens is 1. The number of oxazole rings is 1. The Bertz CT molecular complexity index is 810. The van der Waals surface area contributed by atoms with E-state index in [1.807, 2.05) is 0 Å². The van der Waals surface area contributed by atoms with Crippen LogP contribution in [0.15, 0.2) is 45.3 Å². The molecule has 1 aromatic heterocycles. The zero-order valence-corrected chi connectivity index (χ0v) is 15.0. The predicted molar refractivity (Wildman–Crippen MR) is 95.2 cm³/mol. The van der Waals surface area contributed by atoms with Crippen molar-refractivity contribution >= 4 is 27.0 Å². The van der Waals surface area contributed by atoms with Crippen LogP contribution in [0.4, 0.5) is 0 Å². The molecule has 1 heterocycles. The third-order valence-corrected chi connectivity index (χ3v) is 4.50. The highest BCUT2D eigenvalue weighted by molar-refractivity contribution is 9.10. The lowest BCUT2D eigenvalue weighted by Crippen LogP contribution is -2.10. The number of hydrogen-bond donors (Lipinski definition) is 0. The standard InChI is InChI=1S/C19H20BrNO/c1-5-12-10-15(20)17-16(11-12)21-18(22-17)13-6-8-14(9-7-13)19(2,3)4/h6-11H,5H2,1-4H3. The molecule has 0 aliphatic heterocycles. The molecule has 3 heteroatoms. The molecule has 22 heavy (non-hydrogen) atoms. The summed E-state index contributed by atoms with van der Waals surface area (Å²) in [6.07, 6.45) is 0.983. The number of fused-ring (bicyclic) bond motifs is 1. The van der Waals surface area contributed by atoms with Crippen molar-refractivity contribution in [3.63, 3.8) is 0 Å². The molecule has 0 radical (unpaired) electrons. The molecule has 0 bridgehead atoms. The number of aryl methyl sites for hydroxylation is 1. The molecule has 0 aliphatic carbocycles. The predicted octanol–water partition coefficient (Wildman–Crippen LogP) is 6.12. The van der Waals surface area contributed by atoms with Crippen molar-refractivity contribution in [2.75, 3.05) is 0 Å². The molecular weight excluding hydrogens is 338 g/mol. The number of rotatable bonds is 2. The maximum absolute atomic E-state index is 5.95. The molecule has 0 unspecified atom stereocenters. The summed E-state index contributed by atoms with van der Waals surface area (Å²) in [5.41, 5.74) is 5.44. The van der Waals surface area contributed by atoms with Gasteiger partial charge in [-0.15, -0.1) is 0 Å². The lowest BCUT2D eigenvalue weighted by molar-refractivity contribution is 0.589. The summed E-state index contributed by atoms with van der Waals surface area (Å²) in [7, 11) is 0. The fourth-order valence-corrected chi connectivity index (χ4v) is 3.06. The van der Waals surface area contributed by atoms with E-state index in [1.54, 1.807) is 0 Å². The van der Waals surface area contributed by atoms with E-state index < -0.39 is 0 Å². The minimum Gasteiger partial charge on any atom is -0.435 e. The molecule has 0 spiro atoms. The molecule has 3 rings (SSSR count). The van der Waals surface area contributed by atoms with Crippen molar-refractivity contribution in [3.05, 3.63) is 52.0 Å².